The van der Waals surface area contributed by atoms with E-state index in [1.165, 1.54) is 5.56 Å². The Hall–Kier alpha value is -2.17. The quantitative estimate of drug-likeness (QED) is 0.691. The number of methoxy groups -OCH3 is 1. The van der Waals surface area contributed by atoms with Crippen molar-refractivity contribution in [3.05, 3.63) is 65.7 Å². The highest BCUT2D eigenvalue weighted by molar-refractivity contribution is 6.00. The first-order chi connectivity index (χ1) is 12.5. The van der Waals surface area contributed by atoms with Crippen LogP contribution in [-0.4, -0.2) is 30.9 Å². The molecule has 1 aliphatic heterocycles. The van der Waals surface area contributed by atoms with Gasteiger partial charge < -0.3 is 14.2 Å². The molecule has 138 valence electrons. The first kappa shape index (κ1) is 18.6. The number of hydrogen-bond donors (Lipinski definition) is 0. The predicted octanol–water partition coefficient (Wildman–Crippen LogP) is 4.42. The molecule has 3 rings (SSSR count). The fourth-order valence-electron chi connectivity index (χ4n) is 3.36. The van der Waals surface area contributed by atoms with Crippen LogP contribution in [-0.2, 0) is 15.9 Å². The van der Waals surface area contributed by atoms with E-state index in [0.717, 1.165) is 19.3 Å². The summed E-state index contributed by atoms with van der Waals surface area (Å²) < 4.78 is 17.2. The summed E-state index contributed by atoms with van der Waals surface area (Å²) in [6.45, 7) is 3.71. The lowest BCUT2D eigenvalue weighted by Crippen LogP contribution is -2.31. The second kappa shape index (κ2) is 8.02. The first-order valence-electron chi connectivity index (χ1n) is 9.06. The number of ketones is 1. The molecule has 0 aliphatic carbocycles. The second-order valence-electron chi connectivity index (χ2n) is 7.07. The predicted molar refractivity (Wildman–Crippen MR) is 101 cm³/mol. The lowest BCUT2D eigenvalue weighted by Gasteiger charge is -2.16. The lowest BCUT2D eigenvalue weighted by atomic mass is 9.97. The average molecular weight is 354 g/mol. The molecule has 0 aromatic heterocycles. The number of ether oxygens (including phenoxy) is 3. The van der Waals surface area contributed by atoms with Crippen LogP contribution < -0.4 is 4.74 Å². The average Bonchev–Trinajstić information content (AvgIpc) is 2.96. The fraction of sp³-hybridized carbons (Fsp3) is 0.409. The van der Waals surface area contributed by atoms with E-state index in [4.69, 9.17) is 14.2 Å². The molecule has 2 aromatic carbocycles. The molecule has 1 saturated heterocycles. The zero-order valence-electron chi connectivity index (χ0n) is 15.6. The number of benzene rings is 2. The third-order valence-corrected chi connectivity index (χ3v) is 4.59. The molecular weight excluding hydrogens is 328 g/mol. The highest BCUT2D eigenvalue weighted by Crippen LogP contribution is 2.33. The largest absolute Gasteiger partial charge is 0.497 e. The SMILES string of the molecule is COc1cccc(C(=O)[C@@H]2OC(C)(C)O[C@@H]2CCCc2ccccc2)c1. The molecule has 4 heteroatoms. The molecule has 0 amide bonds. The van der Waals surface area contributed by atoms with Crippen molar-refractivity contribution in [3.8, 4) is 5.75 Å². The topological polar surface area (TPSA) is 44.8 Å². The van der Waals surface area contributed by atoms with Gasteiger partial charge >= 0.3 is 0 Å². The van der Waals surface area contributed by atoms with Gasteiger partial charge in [0.25, 0.3) is 0 Å². The van der Waals surface area contributed by atoms with Crippen LogP contribution in [0.5, 0.6) is 5.75 Å². The Morgan fingerprint density at radius 1 is 1.08 bits per heavy atom. The van der Waals surface area contributed by atoms with Crippen LogP contribution in [0, 0.1) is 0 Å². The highest BCUT2D eigenvalue weighted by Gasteiger charge is 2.44. The van der Waals surface area contributed by atoms with E-state index in [1.54, 1.807) is 19.2 Å². The molecule has 0 bridgehead atoms. The van der Waals surface area contributed by atoms with Gasteiger partial charge in [-0.3, -0.25) is 4.79 Å². The first-order valence-corrected chi connectivity index (χ1v) is 9.06. The van der Waals surface area contributed by atoms with E-state index < -0.39 is 11.9 Å². The third-order valence-electron chi connectivity index (χ3n) is 4.59. The Morgan fingerprint density at radius 3 is 2.58 bits per heavy atom. The van der Waals surface area contributed by atoms with Gasteiger partial charge in [0.05, 0.1) is 13.2 Å². The molecule has 0 saturated carbocycles. The normalized spacial score (nSPS) is 21.5. The summed E-state index contributed by atoms with van der Waals surface area (Å²) in [5, 5.41) is 0. The van der Waals surface area contributed by atoms with Crippen LogP contribution in [0.1, 0.15) is 42.6 Å². The zero-order chi connectivity index (χ0) is 18.6. The monoisotopic (exact) mass is 354 g/mol. The Morgan fingerprint density at radius 2 is 1.85 bits per heavy atom. The Labute approximate surface area is 155 Å². The van der Waals surface area contributed by atoms with Gasteiger partial charge in [-0.05, 0) is 50.8 Å². The minimum absolute atomic E-state index is 0.0563. The van der Waals surface area contributed by atoms with E-state index in [9.17, 15) is 4.79 Å². The molecule has 0 unspecified atom stereocenters. The van der Waals surface area contributed by atoms with Crippen molar-refractivity contribution in [2.45, 2.75) is 51.1 Å². The van der Waals surface area contributed by atoms with E-state index in [-0.39, 0.29) is 11.9 Å². The fourth-order valence-corrected chi connectivity index (χ4v) is 3.36. The minimum Gasteiger partial charge on any atom is -0.497 e. The third kappa shape index (κ3) is 4.51. The van der Waals surface area contributed by atoms with Crippen molar-refractivity contribution in [1.29, 1.82) is 0 Å². The molecule has 2 aromatic rings. The summed E-state index contributed by atoms with van der Waals surface area (Å²) >= 11 is 0. The number of carbonyl (C=O) groups is 1. The molecule has 0 spiro atoms. The van der Waals surface area contributed by atoms with Crippen LogP contribution in [0.15, 0.2) is 54.6 Å². The van der Waals surface area contributed by atoms with Crippen molar-refractivity contribution >= 4 is 5.78 Å². The maximum absolute atomic E-state index is 13.0. The molecule has 4 nitrogen and oxygen atoms in total. The summed E-state index contributed by atoms with van der Waals surface area (Å²) in [5.74, 6) is -0.148. The van der Waals surface area contributed by atoms with Crippen molar-refractivity contribution < 1.29 is 19.0 Å². The molecular formula is C22H26O4. The van der Waals surface area contributed by atoms with Gasteiger partial charge in [-0.2, -0.15) is 0 Å². The molecule has 26 heavy (non-hydrogen) atoms. The standard InChI is InChI=1S/C22H26O4/c1-22(2)25-19(14-7-11-16-9-5-4-6-10-16)21(26-22)20(23)17-12-8-13-18(15-17)24-3/h4-6,8-10,12-13,15,19,21H,7,11,14H2,1-3H3/t19-,21-/m1/s1. The molecule has 1 aliphatic rings. The number of hydrogen-bond acceptors (Lipinski definition) is 4. The zero-order valence-corrected chi connectivity index (χ0v) is 15.6. The van der Waals surface area contributed by atoms with Crippen molar-refractivity contribution in [3.63, 3.8) is 0 Å². The Balaban J connectivity index is 1.68. The molecule has 1 fully saturated rings. The van der Waals surface area contributed by atoms with Gasteiger partial charge in [0.2, 0.25) is 0 Å². The number of Topliss-reactive ketones (excluding diaryl/α,β-unsaturated/α-hetero) is 1. The molecule has 2 atom stereocenters. The van der Waals surface area contributed by atoms with Gasteiger partial charge in [-0.25, -0.2) is 0 Å². The molecule has 1 heterocycles. The summed E-state index contributed by atoms with van der Waals surface area (Å²) in [4.78, 5) is 13.0. The smallest absolute Gasteiger partial charge is 0.194 e. The Kier molecular flexibility index (Phi) is 5.74. The van der Waals surface area contributed by atoms with E-state index in [1.807, 2.05) is 44.2 Å². The van der Waals surface area contributed by atoms with Gasteiger partial charge in [-0.1, -0.05) is 42.5 Å². The van der Waals surface area contributed by atoms with Gasteiger partial charge in [0.15, 0.2) is 11.6 Å². The van der Waals surface area contributed by atoms with Crippen molar-refractivity contribution in [1.82, 2.24) is 0 Å². The minimum atomic E-state index is -0.753. The van der Waals surface area contributed by atoms with Crippen LogP contribution >= 0.6 is 0 Å². The second-order valence-corrected chi connectivity index (χ2v) is 7.07. The Bertz CT molecular complexity index is 739. The van der Waals surface area contributed by atoms with Gasteiger partial charge in [0.1, 0.15) is 11.9 Å². The van der Waals surface area contributed by atoms with Gasteiger partial charge in [0, 0.05) is 5.56 Å². The lowest BCUT2D eigenvalue weighted by molar-refractivity contribution is -0.143. The number of carbonyl (C=O) groups excluding carboxylic acids is 1. The molecule has 0 N–H and O–H groups in total. The summed E-state index contributed by atoms with van der Waals surface area (Å²) in [7, 11) is 1.59. The van der Waals surface area contributed by atoms with Crippen molar-refractivity contribution in [2.75, 3.05) is 7.11 Å². The van der Waals surface area contributed by atoms with Crippen LogP contribution in [0.3, 0.4) is 0 Å². The number of rotatable bonds is 7. The van der Waals surface area contributed by atoms with E-state index in [2.05, 4.69) is 12.1 Å². The summed E-state index contributed by atoms with van der Waals surface area (Å²) in [6.07, 6.45) is 1.84. The maximum Gasteiger partial charge on any atom is 0.194 e. The van der Waals surface area contributed by atoms with E-state index >= 15 is 0 Å². The van der Waals surface area contributed by atoms with Gasteiger partial charge in [-0.15, -0.1) is 0 Å². The van der Waals surface area contributed by atoms with Crippen molar-refractivity contribution in [2.24, 2.45) is 0 Å². The van der Waals surface area contributed by atoms with E-state index in [0.29, 0.717) is 11.3 Å². The number of aryl methyl sites for hydroxylation is 1. The summed E-state index contributed by atoms with van der Waals surface area (Å²) in [6, 6.07) is 17.5. The van der Waals surface area contributed by atoms with Crippen LogP contribution in [0.2, 0.25) is 0 Å². The van der Waals surface area contributed by atoms with Crippen LogP contribution in [0.4, 0.5) is 0 Å². The summed E-state index contributed by atoms with van der Waals surface area (Å²) in [5.41, 5.74) is 1.88. The van der Waals surface area contributed by atoms with Crippen LogP contribution in [0.25, 0.3) is 0 Å². The highest BCUT2D eigenvalue weighted by atomic mass is 16.8. The molecule has 0 radical (unpaired) electrons. The maximum atomic E-state index is 13.0.